The Labute approximate surface area is 240 Å². The number of fused-ring (bicyclic) bond motifs is 1. The van der Waals surface area contributed by atoms with E-state index in [2.05, 4.69) is 32.6 Å². The summed E-state index contributed by atoms with van der Waals surface area (Å²) in [7, 11) is 0. The van der Waals surface area contributed by atoms with Gasteiger partial charge >= 0.3 is 0 Å². The molecule has 3 aromatic heterocycles. The first-order valence-electron chi connectivity index (χ1n) is 14.7. The van der Waals surface area contributed by atoms with Gasteiger partial charge in [0.25, 0.3) is 5.91 Å². The molecule has 2 amide bonds. The summed E-state index contributed by atoms with van der Waals surface area (Å²) in [5.41, 5.74) is 2.45. The van der Waals surface area contributed by atoms with Gasteiger partial charge in [0.15, 0.2) is 11.3 Å². The van der Waals surface area contributed by atoms with E-state index in [-0.39, 0.29) is 73.9 Å². The Kier molecular flexibility index (Phi) is 7.75. The van der Waals surface area contributed by atoms with Crippen LogP contribution in [0.1, 0.15) is 116 Å². The van der Waals surface area contributed by atoms with Crippen molar-refractivity contribution < 1.29 is 27.4 Å². The molecule has 6 rings (SSSR count). The average molecular weight is 586 g/mol. The number of alkyl halides is 2. The van der Waals surface area contributed by atoms with Gasteiger partial charge in [-0.2, -0.15) is 5.10 Å². The number of aromatic nitrogens is 5. The van der Waals surface area contributed by atoms with Crippen molar-refractivity contribution in [1.29, 1.82) is 0 Å². The molecule has 0 radical (unpaired) electrons. The standard InChI is InChI=1S/C29H34F3N7O3/c1-16(30)3-2-4-23(40)35-24(17-5-6-17)20-13-22-34-21(15-39(22)33-14-20)25(19-9-11-29(31,32)12-10-19)36-28(41)27-26(18-7-8-18)37-42-38-27/h13-15,17-19,24-25H,1-12H2,(H,35,40)(H,36,41)/t24?,25-/m0/s1. The molecule has 3 heterocycles. The molecule has 3 aliphatic carbocycles. The second-order valence-electron chi connectivity index (χ2n) is 11.9. The van der Waals surface area contributed by atoms with Crippen LogP contribution in [0.5, 0.6) is 0 Å². The van der Waals surface area contributed by atoms with Gasteiger partial charge in [-0.3, -0.25) is 9.59 Å². The highest BCUT2D eigenvalue weighted by Gasteiger charge is 2.41. The quantitative estimate of drug-likeness (QED) is 0.287. The predicted octanol–water partition coefficient (Wildman–Crippen LogP) is 5.51. The number of carbonyl (C=O) groups excluding carboxylic acids is 2. The molecule has 13 heteroatoms. The van der Waals surface area contributed by atoms with Crippen LogP contribution in [0.3, 0.4) is 0 Å². The third kappa shape index (κ3) is 6.49. The van der Waals surface area contributed by atoms with Crippen LogP contribution in [0.2, 0.25) is 0 Å². The molecule has 0 saturated heterocycles. The van der Waals surface area contributed by atoms with Gasteiger partial charge in [0, 0.05) is 25.2 Å². The molecule has 3 aromatic rings. The van der Waals surface area contributed by atoms with Gasteiger partial charge in [0.1, 0.15) is 5.69 Å². The van der Waals surface area contributed by atoms with Crippen LogP contribution in [0, 0.1) is 11.8 Å². The Hall–Kier alpha value is -3.77. The number of nitrogens with one attached hydrogen (secondary N) is 2. The van der Waals surface area contributed by atoms with E-state index in [0.717, 1.165) is 31.2 Å². The van der Waals surface area contributed by atoms with Crippen molar-refractivity contribution in [2.24, 2.45) is 11.8 Å². The van der Waals surface area contributed by atoms with Crippen molar-refractivity contribution in [3.8, 4) is 0 Å². The van der Waals surface area contributed by atoms with Crippen molar-refractivity contribution in [2.45, 2.75) is 94.6 Å². The summed E-state index contributed by atoms with van der Waals surface area (Å²) in [4.78, 5) is 30.7. The van der Waals surface area contributed by atoms with E-state index in [1.807, 2.05) is 6.07 Å². The fourth-order valence-electron chi connectivity index (χ4n) is 5.84. The molecular formula is C29H34F3N7O3. The average Bonchev–Trinajstić information content (AvgIpc) is 3.88. The third-order valence-corrected chi connectivity index (χ3v) is 8.51. The number of rotatable bonds is 12. The van der Waals surface area contributed by atoms with Crippen LogP contribution in [-0.2, 0) is 4.79 Å². The van der Waals surface area contributed by atoms with Gasteiger partial charge in [0.2, 0.25) is 11.8 Å². The van der Waals surface area contributed by atoms with Crippen molar-refractivity contribution in [2.75, 3.05) is 0 Å². The highest BCUT2D eigenvalue weighted by Crippen LogP contribution is 2.43. The smallest absolute Gasteiger partial charge is 0.276 e. The topological polar surface area (TPSA) is 127 Å². The summed E-state index contributed by atoms with van der Waals surface area (Å²) in [6.45, 7) is 3.24. The number of imidazole rings is 1. The Morgan fingerprint density at radius 3 is 2.48 bits per heavy atom. The van der Waals surface area contributed by atoms with Crippen molar-refractivity contribution in [3.05, 3.63) is 53.5 Å². The number of allylic oxidation sites excluding steroid dienone is 1. The van der Waals surface area contributed by atoms with Crippen molar-refractivity contribution in [3.63, 3.8) is 0 Å². The van der Waals surface area contributed by atoms with Crippen LogP contribution in [0.15, 0.2) is 35.5 Å². The lowest BCUT2D eigenvalue weighted by atomic mass is 9.81. The lowest BCUT2D eigenvalue weighted by Gasteiger charge is -2.33. The second-order valence-corrected chi connectivity index (χ2v) is 11.9. The van der Waals surface area contributed by atoms with Gasteiger partial charge in [-0.25, -0.2) is 27.3 Å². The predicted molar refractivity (Wildman–Crippen MR) is 144 cm³/mol. The molecule has 224 valence electrons. The second kappa shape index (κ2) is 11.5. The van der Waals surface area contributed by atoms with Crippen molar-refractivity contribution >= 4 is 17.5 Å². The maximum Gasteiger partial charge on any atom is 0.276 e. The molecule has 0 aromatic carbocycles. The molecule has 10 nitrogen and oxygen atoms in total. The largest absolute Gasteiger partial charge is 0.349 e. The van der Waals surface area contributed by atoms with Gasteiger partial charge in [0.05, 0.1) is 36.0 Å². The first kappa shape index (κ1) is 28.4. The molecule has 3 saturated carbocycles. The minimum atomic E-state index is -2.72. The lowest BCUT2D eigenvalue weighted by molar-refractivity contribution is -0.122. The minimum absolute atomic E-state index is 0.117. The van der Waals surface area contributed by atoms with Crippen LogP contribution in [0.25, 0.3) is 5.65 Å². The number of hydrogen-bond donors (Lipinski definition) is 2. The monoisotopic (exact) mass is 585 g/mol. The van der Waals surface area contributed by atoms with E-state index in [1.54, 1.807) is 16.9 Å². The van der Waals surface area contributed by atoms with Crippen LogP contribution < -0.4 is 10.6 Å². The number of hydrogen-bond acceptors (Lipinski definition) is 7. The third-order valence-electron chi connectivity index (χ3n) is 8.51. The molecule has 0 bridgehead atoms. The van der Waals surface area contributed by atoms with E-state index in [1.165, 1.54) is 0 Å². The van der Waals surface area contributed by atoms with Gasteiger partial charge in [-0.1, -0.05) is 11.7 Å². The van der Waals surface area contributed by atoms with Crippen LogP contribution >= 0.6 is 0 Å². The van der Waals surface area contributed by atoms with Crippen molar-refractivity contribution in [1.82, 2.24) is 35.5 Å². The Morgan fingerprint density at radius 1 is 1.05 bits per heavy atom. The van der Waals surface area contributed by atoms with E-state index in [9.17, 15) is 22.8 Å². The fourth-order valence-corrected chi connectivity index (χ4v) is 5.84. The maximum atomic E-state index is 14.0. The zero-order chi connectivity index (χ0) is 29.4. The lowest BCUT2D eigenvalue weighted by Crippen LogP contribution is -2.37. The van der Waals surface area contributed by atoms with E-state index >= 15 is 0 Å². The first-order chi connectivity index (χ1) is 20.2. The van der Waals surface area contributed by atoms with Crippen LogP contribution in [-0.4, -0.2) is 42.6 Å². The SMILES string of the molecule is C=C(F)CCCC(=O)NC(c1cnn2cc([C@@H](NC(=O)c3nonc3C3CC3)C3CCC(F)(F)CC3)nc2c1)C1CC1. The minimum Gasteiger partial charge on any atom is -0.349 e. The maximum absolute atomic E-state index is 14.0. The first-order valence-corrected chi connectivity index (χ1v) is 14.7. The zero-order valence-corrected chi connectivity index (χ0v) is 23.2. The summed E-state index contributed by atoms with van der Waals surface area (Å²) in [5.74, 6) is -3.65. The van der Waals surface area contributed by atoms with Gasteiger partial charge in [-0.05, 0) is 80.0 Å². The highest BCUT2D eigenvalue weighted by molar-refractivity contribution is 5.93. The number of halogens is 3. The summed E-state index contributed by atoms with van der Waals surface area (Å²) < 4.78 is 47.5. The number of nitrogens with zero attached hydrogens (tertiary/aromatic N) is 5. The molecule has 1 unspecified atom stereocenters. The van der Waals surface area contributed by atoms with Gasteiger partial charge < -0.3 is 10.6 Å². The van der Waals surface area contributed by atoms with E-state index < -0.39 is 23.7 Å². The summed E-state index contributed by atoms with van der Waals surface area (Å²) in [6, 6.07) is 0.955. The Morgan fingerprint density at radius 2 is 1.79 bits per heavy atom. The summed E-state index contributed by atoms with van der Waals surface area (Å²) in [6.07, 6.45) is 7.79. The van der Waals surface area contributed by atoms with E-state index in [0.29, 0.717) is 23.5 Å². The zero-order valence-electron chi connectivity index (χ0n) is 23.2. The molecule has 0 aliphatic heterocycles. The van der Waals surface area contributed by atoms with Gasteiger partial charge in [-0.15, -0.1) is 0 Å². The Bertz CT molecular complexity index is 1470. The number of amides is 2. The summed E-state index contributed by atoms with van der Waals surface area (Å²) in [5, 5.41) is 18.3. The Balaban J connectivity index is 1.24. The number of carbonyl (C=O) groups is 2. The highest BCUT2D eigenvalue weighted by atomic mass is 19.3. The molecule has 2 N–H and O–H groups in total. The molecule has 42 heavy (non-hydrogen) atoms. The fraction of sp³-hybridized carbons (Fsp3) is 0.586. The molecule has 0 spiro atoms. The molecule has 2 atom stereocenters. The molecule has 3 fully saturated rings. The van der Waals surface area contributed by atoms with E-state index in [4.69, 9.17) is 9.61 Å². The molecule has 3 aliphatic rings. The normalized spacial score (nSPS) is 20.3. The molecular weight excluding hydrogens is 551 g/mol. The van der Waals surface area contributed by atoms with Crippen LogP contribution in [0.4, 0.5) is 13.2 Å². The summed E-state index contributed by atoms with van der Waals surface area (Å²) >= 11 is 0.